The predicted molar refractivity (Wildman–Crippen MR) is 44.7 cm³/mol. The molecule has 3 heteroatoms. The maximum absolute atomic E-state index is 10.8. The van der Waals surface area contributed by atoms with Crippen LogP contribution in [0.3, 0.4) is 0 Å². The number of hydrogen-bond donors (Lipinski definition) is 2. The van der Waals surface area contributed by atoms with Crippen molar-refractivity contribution in [2.45, 2.75) is 0 Å². The second kappa shape index (κ2) is 2.75. The summed E-state index contributed by atoms with van der Waals surface area (Å²) in [6.45, 7) is 1.42. The molecule has 0 bridgehead atoms. The van der Waals surface area contributed by atoms with Crippen molar-refractivity contribution in [2.75, 3.05) is 13.1 Å². The van der Waals surface area contributed by atoms with Crippen molar-refractivity contribution in [3.8, 4) is 0 Å². The van der Waals surface area contributed by atoms with Crippen LogP contribution in [0, 0.1) is 11.8 Å². The Balaban J connectivity index is 2.21. The molecule has 2 aliphatic rings. The minimum absolute atomic E-state index is 0.142. The molecule has 1 aliphatic heterocycles. The van der Waals surface area contributed by atoms with Gasteiger partial charge < -0.3 is 10.4 Å². The molecule has 1 fully saturated rings. The number of nitrogens with one attached hydrogen (secondary N) is 1. The van der Waals surface area contributed by atoms with Gasteiger partial charge in [-0.3, -0.25) is 4.79 Å². The molecule has 0 radical (unpaired) electrons. The molecule has 2 atom stereocenters. The Morgan fingerprint density at radius 1 is 1.67 bits per heavy atom. The zero-order valence-electron chi connectivity index (χ0n) is 6.66. The number of fused-ring (bicyclic) bond motifs is 1. The molecule has 1 aliphatic carbocycles. The van der Waals surface area contributed by atoms with Crippen LogP contribution in [0.1, 0.15) is 0 Å². The van der Waals surface area contributed by atoms with Crippen molar-refractivity contribution in [3.63, 3.8) is 0 Å². The zero-order valence-corrected chi connectivity index (χ0v) is 6.66. The van der Waals surface area contributed by atoms with Crippen LogP contribution in [-0.4, -0.2) is 24.2 Å². The van der Waals surface area contributed by atoms with E-state index in [-0.39, 0.29) is 11.8 Å². The van der Waals surface area contributed by atoms with Crippen molar-refractivity contribution in [3.05, 3.63) is 23.8 Å². The van der Waals surface area contributed by atoms with Crippen LogP contribution >= 0.6 is 0 Å². The van der Waals surface area contributed by atoms with Crippen LogP contribution in [-0.2, 0) is 4.79 Å². The highest BCUT2D eigenvalue weighted by Gasteiger charge is 2.33. The maximum atomic E-state index is 10.8. The number of piperidine rings is 1. The molecule has 1 heterocycles. The SMILES string of the molecule is O=C(O)C1CNCC2=CC=CC21. The minimum Gasteiger partial charge on any atom is -0.481 e. The third kappa shape index (κ3) is 1.06. The second-order valence-electron chi connectivity index (χ2n) is 3.23. The smallest absolute Gasteiger partial charge is 0.308 e. The third-order valence-electron chi connectivity index (χ3n) is 2.50. The molecule has 0 aromatic carbocycles. The number of carboxylic acids is 1. The summed E-state index contributed by atoms with van der Waals surface area (Å²) in [6, 6.07) is 0. The molecule has 0 aromatic heterocycles. The average molecular weight is 165 g/mol. The van der Waals surface area contributed by atoms with Gasteiger partial charge in [0, 0.05) is 19.0 Å². The van der Waals surface area contributed by atoms with Gasteiger partial charge in [0.15, 0.2) is 0 Å². The number of allylic oxidation sites excluding steroid dienone is 3. The third-order valence-corrected chi connectivity index (χ3v) is 2.50. The van der Waals surface area contributed by atoms with Gasteiger partial charge in [-0.05, 0) is 5.57 Å². The van der Waals surface area contributed by atoms with Gasteiger partial charge in [0.1, 0.15) is 0 Å². The lowest BCUT2D eigenvalue weighted by atomic mass is 9.85. The van der Waals surface area contributed by atoms with E-state index in [2.05, 4.69) is 5.32 Å². The summed E-state index contributed by atoms with van der Waals surface area (Å²) in [6.07, 6.45) is 5.94. The van der Waals surface area contributed by atoms with Crippen LogP contribution in [0.5, 0.6) is 0 Å². The van der Waals surface area contributed by atoms with Gasteiger partial charge >= 0.3 is 5.97 Å². The topological polar surface area (TPSA) is 49.3 Å². The number of aliphatic carboxylic acids is 1. The van der Waals surface area contributed by atoms with Crippen LogP contribution in [0.25, 0.3) is 0 Å². The molecule has 0 aromatic rings. The lowest BCUT2D eigenvalue weighted by Gasteiger charge is -2.27. The Hall–Kier alpha value is -1.09. The molecular weight excluding hydrogens is 154 g/mol. The molecule has 64 valence electrons. The van der Waals surface area contributed by atoms with E-state index in [1.807, 2.05) is 18.2 Å². The Kier molecular flexibility index (Phi) is 1.73. The molecule has 2 N–H and O–H groups in total. The van der Waals surface area contributed by atoms with Crippen molar-refractivity contribution in [1.82, 2.24) is 5.32 Å². The van der Waals surface area contributed by atoms with Crippen molar-refractivity contribution >= 4 is 5.97 Å². The van der Waals surface area contributed by atoms with E-state index in [4.69, 9.17) is 5.11 Å². The summed E-state index contributed by atoms with van der Waals surface area (Å²) in [5, 5.41) is 12.0. The van der Waals surface area contributed by atoms with E-state index >= 15 is 0 Å². The monoisotopic (exact) mass is 165 g/mol. The van der Waals surface area contributed by atoms with Crippen LogP contribution < -0.4 is 5.32 Å². The average Bonchev–Trinajstić information content (AvgIpc) is 2.49. The zero-order chi connectivity index (χ0) is 8.55. The first-order valence-corrected chi connectivity index (χ1v) is 4.10. The van der Waals surface area contributed by atoms with Gasteiger partial charge in [-0.25, -0.2) is 0 Å². The largest absolute Gasteiger partial charge is 0.481 e. The van der Waals surface area contributed by atoms with Crippen LogP contribution in [0.15, 0.2) is 23.8 Å². The first-order chi connectivity index (χ1) is 5.79. The quantitative estimate of drug-likeness (QED) is 0.591. The lowest BCUT2D eigenvalue weighted by Crippen LogP contribution is -2.41. The van der Waals surface area contributed by atoms with Crippen molar-refractivity contribution < 1.29 is 9.90 Å². The van der Waals surface area contributed by atoms with Gasteiger partial charge in [-0.15, -0.1) is 0 Å². The van der Waals surface area contributed by atoms with E-state index in [0.717, 1.165) is 6.54 Å². The van der Waals surface area contributed by atoms with Gasteiger partial charge in [-0.2, -0.15) is 0 Å². The summed E-state index contributed by atoms with van der Waals surface area (Å²) in [5.41, 5.74) is 1.20. The number of carboxylic acid groups (broad SMARTS) is 1. The molecule has 12 heavy (non-hydrogen) atoms. The minimum atomic E-state index is -0.704. The van der Waals surface area contributed by atoms with E-state index in [1.54, 1.807) is 0 Å². The van der Waals surface area contributed by atoms with E-state index in [0.29, 0.717) is 6.54 Å². The van der Waals surface area contributed by atoms with Gasteiger partial charge in [-0.1, -0.05) is 18.2 Å². The Morgan fingerprint density at radius 3 is 3.25 bits per heavy atom. The Bertz CT molecular complexity index is 268. The Morgan fingerprint density at radius 2 is 2.50 bits per heavy atom. The summed E-state index contributed by atoms with van der Waals surface area (Å²) in [5.74, 6) is -0.836. The van der Waals surface area contributed by atoms with Crippen LogP contribution in [0.2, 0.25) is 0 Å². The van der Waals surface area contributed by atoms with Crippen LogP contribution in [0.4, 0.5) is 0 Å². The highest BCUT2D eigenvalue weighted by atomic mass is 16.4. The maximum Gasteiger partial charge on any atom is 0.308 e. The molecule has 2 rings (SSSR count). The summed E-state index contributed by atoms with van der Waals surface area (Å²) < 4.78 is 0. The first kappa shape index (κ1) is 7.55. The molecule has 0 saturated carbocycles. The van der Waals surface area contributed by atoms with E-state index < -0.39 is 5.97 Å². The second-order valence-corrected chi connectivity index (χ2v) is 3.23. The fourth-order valence-corrected chi connectivity index (χ4v) is 1.84. The van der Waals surface area contributed by atoms with Crippen molar-refractivity contribution in [1.29, 1.82) is 0 Å². The predicted octanol–water partition coefficient (Wildman–Crippen LogP) is 0.403. The fourth-order valence-electron chi connectivity index (χ4n) is 1.84. The molecular formula is C9H11NO2. The van der Waals surface area contributed by atoms with E-state index in [1.165, 1.54) is 5.57 Å². The lowest BCUT2D eigenvalue weighted by molar-refractivity contribution is -0.142. The Labute approximate surface area is 70.8 Å². The molecule has 1 saturated heterocycles. The van der Waals surface area contributed by atoms with Gasteiger partial charge in [0.25, 0.3) is 0 Å². The highest BCUT2D eigenvalue weighted by molar-refractivity contribution is 5.72. The standard InChI is InChI=1S/C9H11NO2/c11-9(12)8-5-10-4-6-2-1-3-7(6)8/h1-3,7-8,10H,4-5H2,(H,11,12). The van der Waals surface area contributed by atoms with E-state index in [9.17, 15) is 4.79 Å². The number of carbonyl (C=O) groups is 1. The summed E-state index contributed by atoms with van der Waals surface area (Å²) >= 11 is 0. The van der Waals surface area contributed by atoms with Gasteiger partial charge in [0.2, 0.25) is 0 Å². The number of rotatable bonds is 1. The number of hydrogen-bond acceptors (Lipinski definition) is 2. The molecule has 0 amide bonds. The first-order valence-electron chi connectivity index (χ1n) is 4.10. The fraction of sp³-hybridized carbons (Fsp3) is 0.444. The summed E-state index contributed by atoms with van der Waals surface area (Å²) in [7, 11) is 0. The van der Waals surface area contributed by atoms with Gasteiger partial charge in [0.05, 0.1) is 5.92 Å². The molecule has 0 spiro atoms. The normalized spacial score (nSPS) is 32.8. The summed E-state index contributed by atoms with van der Waals surface area (Å²) in [4.78, 5) is 10.8. The molecule has 2 unspecified atom stereocenters. The van der Waals surface area contributed by atoms with Crippen molar-refractivity contribution in [2.24, 2.45) is 11.8 Å². The molecule has 3 nitrogen and oxygen atoms in total. The highest BCUT2D eigenvalue weighted by Crippen LogP contribution is 2.29.